The van der Waals surface area contributed by atoms with Gasteiger partial charge in [-0.1, -0.05) is 36.4 Å². The fourth-order valence-corrected chi connectivity index (χ4v) is 4.07. The number of halogens is 1. The molecule has 0 spiro atoms. The smallest absolute Gasteiger partial charge is 0.323 e. The van der Waals surface area contributed by atoms with Crippen molar-refractivity contribution in [2.45, 2.75) is 33.1 Å². The third kappa shape index (κ3) is 3.87. The molecule has 0 amide bonds. The first kappa shape index (κ1) is 24.0. The average molecular weight is 465 g/mol. The molecule has 1 unspecified atom stereocenters. The first-order valence-electron chi connectivity index (χ1n) is 10.4. The van der Waals surface area contributed by atoms with Gasteiger partial charge in [0.15, 0.2) is 5.78 Å². The molecule has 1 N–H and O–H groups in total. The van der Waals surface area contributed by atoms with Gasteiger partial charge in [-0.2, -0.15) is 5.26 Å². The van der Waals surface area contributed by atoms with Crippen LogP contribution >= 0.6 is 11.6 Å². The minimum Gasteiger partial charge on any atom is -0.465 e. The van der Waals surface area contributed by atoms with Crippen LogP contribution < -0.4 is 5.32 Å². The second-order valence-corrected chi connectivity index (χ2v) is 8.26. The predicted octanol–water partition coefficient (Wildman–Crippen LogP) is 5.20. The highest BCUT2D eigenvalue weighted by molar-refractivity contribution is 6.33. The summed E-state index contributed by atoms with van der Waals surface area (Å²) in [5.41, 5.74) is 1.92. The number of nitrogens with one attached hydrogen (secondary N) is 1. The number of hydrogen-bond donors (Lipinski definition) is 1. The van der Waals surface area contributed by atoms with E-state index in [4.69, 9.17) is 16.3 Å². The molecule has 0 radical (unpaired) electrons. The molecule has 0 saturated heterocycles. The van der Waals surface area contributed by atoms with Gasteiger partial charge >= 0.3 is 5.97 Å². The number of anilines is 2. The minimum absolute atomic E-state index is 0.108. The van der Waals surface area contributed by atoms with E-state index in [2.05, 4.69) is 22.9 Å². The van der Waals surface area contributed by atoms with Crippen molar-refractivity contribution in [3.8, 4) is 6.07 Å². The predicted molar refractivity (Wildman–Crippen MR) is 130 cm³/mol. The van der Waals surface area contributed by atoms with Gasteiger partial charge in [0.1, 0.15) is 11.5 Å². The largest absolute Gasteiger partial charge is 0.465 e. The number of nitrogens with zero attached hydrogens (tertiary/aromatic N) is 3. The maximum atomic E-state index is 12.9. The number of fused-ring (bicyclic) bond motifs is 1. The molecule has 7 nitrogen and oxygen atoms in total. The van der Waals surface area contributed by atoms with Crippen LogP contribution in [0.2, 0.25) is 5.02 Å². The van der Waals surface area contributed by atoms with Crippen molar-refractivity contribution in [1.82, 2.24) is 9.55 Å². The number of imidazole rings is 1. The lowest BCUT2D eigenvalue weighted by molar-refractivity contribution is -0.152. The minimum atomic E-state index is -1.66. The monoisotopic (exact) mass is 464 g/mol. The third-order valence-corrected chi connectivity index (χ3v) is 6.21. The Kier molecular flexibility index (Phi) is 6.61. The van der Waals surface area contributed by atoms with Crippen molar-refractivity contribution in [3.05, 3.63) is 58.1 Å². The van der Waals surface area contributed by atoms with Crippen molar-refractivity contribution < 1.29 is 14.3 Å². The number of ketones is 1. The van der Waals surface area contributed by atoms with E-state index in [0.29, 0.717) is 33.3 Å². The Bertz CT molecular complexity index is 1320. The highest BCUT2D eigenvalue weighted by Crippen LogP contribution is 2.38. The maximum absolute atomic E-state index is 12.9. The van der Waals surface area contributed by atoms with E-state index >= 15 is 0 Å². The molecule has 0 aliphatic heterocycles. The Morgan fingerprint density at radius 2 is 2.12 bits per heavy atom. The lowest BCUT2D eigenvalue weighted by Gasteiger charge is -2.26. The van der Waals surface area contributed by atoms with Crippen LogP contribution in [0.15, 0.2) is 30.8 Å². The molecule has 1 heterocycles. The number of hydrogen-bond acceptors (Lipinski definition) is 6. The number of aryl methyl sites for hydroxylation is 2. The fourth-order valence-electron chi connectivity index (χ4n) is 3.81. The van der Waals surface area contributed by atoms with E-state index in [1.54, 1.807) is 36.7 Å². The van der Waals surface area contributed by atoms with Crippen molar-refractivity contribution >= 4 is 52.1 Å². The lowest BCUT2D eigenvalue weighted by atomic mass is 9.76. The zero-order valence-electron chi connectivity index (χ0n) is 19.2. The van der Waals surface area contributed by atoms with E-state index in [-0.39, 0.29) is 17.7 Å². The Morgan fingerprint density at radius 1 is 1.42 bits per heavy atom. The number of para-hydroxylation sites is 1. The molecular formula is C25H25ClN4O3. The van der Waals surface area contributed by atoms with E-state index < -0.39 is 17.2 Å². The Labute approximate surface area is 197 Å². The van der Waals surface area contributed by atoms with Crippen LogP contribution in [0.25, 0.3) is 17.1 Å². The summed E-state index contributed by atoms with van der Waals surface area (Å²) in [5.74, 6) is -0.701. The molecule has 8 heteroatoms. The van der Waals surface area contributed by atoms with Gasteiger partial charge in [-0.3, -0.25) is 9.59 Å². The lowest BCUT2D eigenvalue weighted by Crippen LogP contribution is -2.41. The number of aromatic nitrogens is 2. The van der Waals surface area contributed by atoms with Crippen molar-refractivity contribution in [2.24, 2.45) is 7.05 Å². The summed E-state index contributed by atoms with van der Waals surface area (Å²) in [6, 6.07) is 9.34. The van der Waals surface area contributed by atoms with Gasteiger partial charge in [-0.25, -0.2) is 4.98 Å². The van der Waals surface area contributed by atoms with Crippen molar-refractivity contribution in [3.63, 3.8) is 0 Å². The van der Waals surface area contributed by atoms with Crippen LogP contribution in [-0.2, 0) is 26.8 Å². The quantitative estimate of drug-likeness (QED) is 0.381. The molecular weight excluding hydrogens is 440 g/mol. The summed E-state index contributed by atoms with van der Waals surface area (Å²) in [7, 11) is 1.75. The van der Waals surface area contributed by atoms with Crippen molar-refractivity contribution in [1.29, 1.82) is 5.26 Å². The highest BCUT2D eigenvalue weighted by Gasteiger charge is 2.44. The molecule has 1 atom stereocenters. The number of nitriles is 1. The summed E-state index contributed by atoms with van der Waals surface area (Å²) in [6.07, 6.45) is 1.58. The van der Waals surface area contributed by atoms with Gasteiger partial charge in [0, 0.05) is 12.6 Å². The molecule has 170 valence electrons. The SMILES string of the molecule is C=Cc1cc(C(C)(C(C)=O)C(=O)OCC)c(C#N)c2c1nc(Nc1c(C)cccc1Cl)n2C. The maximum Gasteiger partial charge on any atom is 0.323 e. The molecule has 33 heavy (non-hydrogen) atoms. The molecule has 0 fully saturated rings. The number of ether oxygens (including phenoxy) is 1. The van der Waals surface area contributed by atoms with E-state index in [9.17, 15) is 14.9 Å². The van der Waals surface area contributed by atoms with Crippen LogP contribution in [0.1, 0.15) is 43.0 Å². The number of carbonyl (C=O) groups excluding carboxylic acids is 2. The number of carbonyl (C=O) groups is 2. The molecule has 0 aliphatic carbocycles. The summed E-state index contributed by atoms with van der Waals surface area (Å²) in [4.78, 5) is 30.3. The Hall–Kier alpha value is -3.63. The van der Waals surface area contributed by atoms with E-state index in [0.717, 1.165) is 5.56 Å². The zero-order valence-corrected chi connectivity index (χ0v) is 20.0. The highest BCUT2D eigenvalue weighted by atomic mass is 35.5. The van der Waals surface area contributed by atoms with Crippen molar-refractivity contribution in [2.75, 3.05) is 11.9 Å². The first-order chi connectivity index (χ1) is 15.6. The molecule has 1 aromatic heterocycles. The van der Waals surface area contributed by atoms with Crippen LogP contribution in [-0.4, -0.2) is 27.9 Å². The van der Waals surface area contributed by atoms with Crippen LogP contribution in [0.3, 0.4) is 0 Å². The van der Waals surface area contributed by atoms with Gasteiger partial charge < -0.3 is 14.6 Å². The van der Waals surface area contributed by atoms with Crippen LogP contribution in [0.4, 0.5) is 11.6 Å². The molecule has 0 bridgehead atoms. The van der Waals surface area contributed by atoms with Gasteiger partial charge in [0.05, 0.1) is 33.9 Å². The summed E-state index contributed by atoms with van der Waals surface area (Å²) >= 11 is 6.38. The summed E-state index contributed by atoms with van der Waals surface area (Å²) in [5, 5.41) is 13.9. The van der Waals surface area contributed by atoms with E-state index in [1.807, 2.05) is 19.1 Å². The Balaban J connectivity index is 2.35. The number of Topliss-reactive ketones (excluding diaryl/α,β-unsaturated/α-hetero) is 1. The van der Waals surface area contributed by atoms with Crippen LogP contribution in [0.5, 0.6) is 0 Å². The molecule has 3 rings (SSSR count). The second kappa shape index (κ2) is 9.08. The summed E-state index contributed by atoms with van der Waals surface area (Å²) < 4.78 is 6.91. The van der Waals surface area contributed by atoms with Gasteiger partial charge in [0.2, 0.25) is 5.95 Å². The van der Waals surface area contributed by atoms with Gasteiger partial charge in [-0.15, -0.1) is 0 Å². The second-order valence-electron chi connectivity index (χ2n) is 7.85. The average Bonchev–Trinajstić information content (AvgIpc) is 3.10. The van der Waals surface area contributed by atoms with Crippen LogP contribution in [0, 0.1) is 18.3 Å². The zero-order chi connectivity index (χ0) is 24.5. The molecule has 0 saturated carbocycles. The normalized spacial score (nSPS) is 12.6. The fraction of sp³-hybridized carbons (Fsp3) is 0.280. The Morgan fingerprint density at radius 3 is 2.67 bits per heavy atom. The molecule has 2 aromatic carbocycles. The number of benzene rings is 2. The summed E-state index contributed by atoms with van der Waals surface area (Å²) in [6.45, 7) is 10.3. The van der Waals surface area contributed by atoms with Gasteiger partial charge in [0.25, 0.3) is 0 Å². The topological polar surface area (TPSA) is 97.0 Å². The van der Waals surface area contributed by atoms with E-state index in [1.165, 1.54) is 13.8 Å². The first-order valence-corrected chi connectivity index (χ1v) is 10.8. The number of esters is 1. The number of rotatable bonds is 7. The third-order valence-electron chi connectivity index (χ3n) is 5.89. The standard InChI is InChI=1S/C25H25ClN4O3/c1-7-16-12-18(25(5,15(4)31)23(32)33-8-2)17(13-27)22-21(16)29-24(30(22)6)28-20-14(3)10-9-11-19(20)26/h7,9-12H,1,8H2,2-6H3,(H,28,29). The molecule has 0 aliphatic rings. The van der Waals surface area contributed by atoms with Gasteiger partial charge in [-0.05, 0) is 51.0 Å². The molecule has 3 aromatic rings.